The normalized spacial score (nSPS) is 10.8. The molecular formula is C11H11ClN2O. The van der Waals surface area contributed by atoms with Gasteiger partial charge in [0, 0.05) is 11.6 Å². The molecule has 0 N–H and O–H groups in total. The number of aromatic nitrogens is 2. The summed E-state index contributed by atoms with van der Waals surface area (Å²) < 4.78 is 1.97. The zero-order valence-electron chi connectivity index (χ0n) is 8.40. The van der Waals surface area contributed by atoms with Gasteiger partial charge in [0.05, 0.1) is 17.2 Å². The first-order valence-electron chi connectivity index (χ1n) is 4.87. The van der Waals surface area contributed by atoms with Gasteiger partial charge in [0.2, 0.25) is 0 Å². The minimum atomic E-state index is -0.222. The molecule has 0 atom stereocenters. The predicted molar refractivity (Wildman–Crippen MR) is 61.3 cm³/mol. The van der Waals surface area contributed by atoms with Crippen LogP contribution in [0.25, 0.3) is 10.9 Å². The minimum absolute atomic E-state index is 0.222. The second kappa shape index (κ2) is 4.03. The summed E-state index contributed by atoms with van der Waals surface area (Å²) in [6.45, 7) is 2.94. The lowest BCUT2D eigenvalue weighted by atomic mass is 10.2. The number of aryl methyl sites for hydroxylation is 1. The van der Waals surface area contributed by atoms with E-state index in [0.29, 0.717) is 10.4 Å². The third-order valence-electron chi connectivity index (χ3n) is 2.28. The molecule has 78 valence electrons. The fourth-order valence-corrected chi connectivity index (χ4v) is 1.78. The van der Waals surface area contributed by atoms with Gasteiger partial charge in [-0.3, -0.25) is 4.79 Å². The smallest absolute Gasteiger partial charge is 0.280 e. The lowest BCUT2D eigenvalue weighted by Crippen LogP contribution is -2.12. The van der Waals surface area contributed by atoms with Crippen LogP contribution >= 0.6 is 11.6 Å². The van der Waals surface area contributed by atoms with Crippen molar-refractivity contribution in [3.8, 4) is 0 Å². The van der Waals surface area contributed by atoms with Crippen LogP contribution in [-0.4, -0.2) is 9.55 Å². The highest BCUT2D eigenvalue weighted by Gasteiger charge is 2.03. The van der Waals surface area contributed by atoms with Gasteiger partial charge < -0.3 is 4.57 Å². The first kappa shape index (κ1) is 10.2. The third kappa shape index (κ3) is 1.88. The summed E-state index contributed by atoms with van der Waals surface area (Å²) in [6.07, 6.45) is 2.59. The highest BCUT2D eigenvalue weighted by atomic mass is 35.5. The molecule has 4 heteroatoms. The van der Waals surface area contributed by atoms with E-state index in [1.54, 1.807) is 18.5 Å². The number of benzene rings is 1. The molecule has 1 heterocycles. The molecule has 2 aromatic rings. The molecule has 0 saturated heterocycles. The monoisotopic (exact) mass is 222 g/mol. The number of fused-ring (bicyclic) bond motifs is 1. The Kier molecular flexibility index (Phi) is 2.73. The molecule has 1 aromatic carbocycles. The Morgan fingerprint density at radius 3 is 3.00 bits per heavy atom. The van der Waals surface area contributed by atoms with Crippen molar-refractivity contribution in [3.63, 3.8) is 0 Å². The Morgan fingerprint density at radius 1 is 1.47 bits per heavy atom. The quantitative estimate of drug-likeness (QED) is 0.783. The van der Waals surface area contributed by atoms with Crippen LogP contribution in [0.15, 0.2) is 29.3 Å². The predicted octanol–water partition coefficient (Wildman–Crippen LogP) is 2.46. The Bertz CT molecular complexity index is 548. The molecule has 0 unspecified atom stereocenters. The summed E-state index contributed by atoms with van der Waals surface area (Å²) in [5.74, 6) is 0. The van der Waals surface area contributed by atoms with Gasteiger partial charge in [-0.1, -0.05) is 18.5 Å². The van der Waals surface area contributed by atoms with Gasteiger partial charge in [0.25, 0.3) is 5.56 Å². The minimum Gasteiger partial charge on any atom is -0.332 e. The molecule has 0 saturated carbocycles. The summed E-state index contributed by atoms with van der Waals surface area (Å²) in [5.41, 5.74) is 0.668. The van der Waals surface area contributed by atoms with Gasteiger partial charge >= 0.3 is 0 Å². The van der Waals surface area contributed by atoms with Crippen molar-refractivity contribution in [2.75, 3.05) is 0 Å². The number of hydrogen-bond donors (Lipinski definition) is 0. The van der Waals surface area contributed by atoms with Gasteiger partial charge in [-0.15, -0.1) is 0 Å². The Morgan fingerprint density at radius 2 is 2.27 bits per heavy atom. The van der Waals surface area contributed by atoms with E-state index in [1.165, 1.54) is 0 Å². The Hall–Kier alpha value is -1.35. The average molecular weight is 223 g/mol. The lowest BCUT2D eigenvalue weighted by molar-refractivity contribution is 0.683. The summed E-state index contributed by atoms with van der Waals surface area (Å²) in [4.78, 5) is 15.3. The van der Waals surface area contributed by atoms with Crippen molar-refractivity contribution < 1.29 is 0 Å². The van der Waals surface area contributed by atoms with Crippen LogP contribution in [0.3, 0.4) is 0 Å². The highest BCUT2D eigenvalue weighted by Crippen LogP contribution is 2.15. The molecule has 0 bridgehead atoms. The van der Waals surface area contributed by atoms with E-state index in [0.717, 1.165) is 18.5 Å². The maximum atomic E-state index is 11.5. The fourth-order valence-electron chi connectivity index (χ4n) is 1.60. The molecule has 15 heavy (non-hydrogen) atoms. The molecule has 0 aliphatic heterocycles. The highest BCUT2D eigenvalue weighted by molar-refractivity contribution is 6.31. The second-order valence-electron chi connectivity index (χ2n) is 3.40. The van der Waals surface area contributed by atoms with Crippen LogP contribution in [0, 0.1) is 0 Å². The van der Waals surface area contributed by atoms with Gasteiger partial charge in [-0.05, 0) is 24.6 Å². The average Bonchev–Trinajstić information content (AvgIpc) is 2.23. The van der Waals surface area contributed by atoms with Crippen molar-refractivity contribution in [2.24, 2.45) is 0 Å². The van der Waals surface area contributed by atoms with Crippen molar-refractivity contribution in [1.29, 1.82) is 0 Å². The van der Waals surface area contributed by atoms with Crippen molar-refractivity contribution >= 4 is 22.5 Å². The summed E-state index contributed by atoms with van der Waals surface area (Å²) >= 11 is 5.84. The first-order chi connectivity index (χ1) is 7.22. The second-order valence-corrected chi connectivity index (χ2v) is 3.84. The van der Waals surface area contributed by atoms with E-state index >= 15 is 0 Å². The van der Waals surface area contributed by atoms with Crippen LogP contribution in [0.2, 0.25) is 5.02 Å². The number of nitrogens with zero attached hydrogens (tertiary/aromatic N) is 2. The molecule has 0 amide bonds. The van der Waals surface area contributed by atoms with E-state index in [9.17, 15) is 4.79 Å². The van der Waals surface area contributed by atoms with Crippen LogP contribution in [0.5, 0.6) is 0 Å². The summed E-state index contributed by atoms with van der Waals surface area (Å²) in [5, 5.41) is 1.15. The molecule has 0 aliphatic rings. The van der Waals surface area contributed by atoms with Crippen LogP contribution in [-0.2, 0) is 6.54 Å². The molecule has 0 radical (unpaired) electrons. The fraction of sp³-hybridized carbons (Fsp3) is 0.273. The number of rotatable bonds is 2. The van der Waals surface area contributed by atoms with E-state index in [4.69, 9.17) is 11.6 Å². The molecule has 0 fully saturated rings. The Labute approximate surface area is 92.3 Å². The van der Waals surface area contributed by atoms with Crippen LogP contribution < -0.4 is 5.56 Å². The first-order valence-corrected chi connectivity index (χ1v) is 5.25. The number of halogens is 1. The molecule has 0 spiro atoms. The maximum absolute atomic E-state index is 11.5. The zero-order chi connectivity index (χ0) is 10.8. The largest absolute Gasteiger partial charge is 0.332 e. The molecule has 2 rings (SSSR count). The SMILES string of the molecule is CCCn1cnc(=O)c2cc(Cl)ccc21. The number of hydrogen-bond acceptors (Lipinski definition) is 2. The van der Waals surface area contributed by atoms with E-state index in [-0.39, 0.29) is 5.56 Å². The summed E-state index contributed by atoms with van der Waals surface area (Å²) in [7, 11) is 0. The zero-order valence-corrected chi connectivity index (χ0v) is 9.16. The molecule has 0 aliphatic carbocycles. The van der Waals surface area contributed by atoms with E-state index < -0.39 is 0 Å². The molecule has 1 aromatic heterocycles. The Balaban J connectivity index is 2.76. The van der Waals surface area contributed by atoms with Crippen LogP contribution in [0.4, 0.5) is 0 Å². The van der Waals surface area contributed by atoms with Crippen molar-refractivity contribution in [1.82, 2.24) is 9.55 Å². The molecule has 3 nitrogen and oxygen atoms in total. The third-order valence-corrected chi connectivity index (χ3v) is 2.51. The topological polar surface area (TPSA) is 34.9 Å². The standard InChI is InChI=1S/C11H11ClN2O/c1-2-5-14-7-13-11(15)9-6-8(12)3-4-10(9)14/h3-4,6-7H,2,5H2,1H3. The van der Waals surface area contributed by atoms with Crippen LogP contribution in [0.1, 0.15) is 13.3 Å². The van der Waals surface area contributed by atoms with Gasteiger partial charge in [-0.2, -0.15) is 4.98 Å². The van der Waals surface area contributed by atoms with Gasteiger partial charge in [0.15, 0.2) is 0 Å². The van der Waals surface area contributed by atoms with Gasteiger partial charge in [-0.25, -0.2) is 0 Å². The van der Waals surface area contributed by atoms with E-state index in [1.807, 2.05) is 10.6 Å². The lowest BCUT2D eigenvalue weighted by Gasteiger charge is -2.08. The molecular weight excluding hydrogens is 212 g/mol. The van der Waals surface area contributed by atoms with Crippen molar-refractivity contribution in [3.05, 3.63) is 39.9 Å². The summed E-state index contributed by atoms with van der Waals surface area (Å²) in [6, 6.07) is 5.31. The maximum Gasteiger partial charge on any atom is 0.280 e. The van der Waals surface area contributed by atoms with Crippen molar-refractivity contribution in [2.45, 2.75) is 19.9 Å². The van der Waals surface area contributed by atoms with Gasteiger partial charge in [0.1, 0.15) is 0 Å². The van der Waals surface area contributed by atoms with E-state index in [2.05, 4.69) is 11.9 Å².